The van der Waals surface area contributed by atoms with Gasteiger partial charge in [0, 0.05) is 13.1 Å². The lowest BCUT2D eigenvalue weighted by molar-refractivity contribution is -0.122. The molecule has 2 saturated heterocycles. The summed E-state index contributed by atoms with van der Waals surface area (Å²) in [6.07, 6.45) is 2.44. The Morgan fingerprint density at radius 1 is 1.45 bits per heavy atom. The molecule has 2 fully saturated rings. The van der Waals surface area contributed by atoms with Crippen LogP contribution in [-0.4, -0.2) is 30.4 Å². The van der Waals surface area contributed by atoms with Crippen LogP contribution in [0.5, 0.6) is 0 Å². The second-order valence-electron chi connectivity index (χ2n) is 3.67. The van der Waals surface area contributed by atoms with E-state index in [0.29, 0.717) is 5.92 Å². The van der Waals surface area contributed by atoms with Gasteiger partial charge in [-0.05, 0) is 25.3 Å². The van der Waals surface area contributed by atoms with Gasteiger partial charge in [-0.25, -0.2) is 0 Å². The highest BCUT2D eigenvalue weighted by molar-refractivity contribution is 5.77. The third-order valence-electron chi connectivity index (χ3n) is 2.93. The highest BCUT2D eigenvalue weighted by atomic mass is 16.1. The number of nitrogens with two attached hydrogens (primary N) is 1. The summed E-state index contributed by atoms with van der Waals surface area (Å²) in [4.78, 5) is 13.3. The van der Waals surface area contributed by atoms with Crippen molar-refractivity contribution in [3.8, 4) is 0 Å². The molecule has 2 N–H and O–H groups in total. The van der Waals surface area contributed by atoms with Crippen molar-refractivity contribution in [3.63, 3.8) is 0 Å². The Bertz CT molecular complexity index is 181. The fourth-order valence-corrected chi connectivity index (χ4v) is 2.34. The summed E-state index contributed by atoms with van der Waals surface area (Å²) < 4.78 is 0. The highest BCUT2D eigenvalue weighted by Gasteiger charge is 2.38. The minimum atomic E-state index is -0.0978. The summed E-state index contributed by atoms with van der Waals surface area (Å²) in [7, 11) is 0. The summed E-state index contributed by atoms with van der Waals surface area (Å²) >= 11 is 0. The van der Waals surface area contributed by atoms with Gasteiger partial charge in [0.05, 0.1) is 5.92 Å². The van der Waals surface area contributed by atoms with Crippen LogP contribution in [0.1, 0.15) is 12.8 Å². The minimum absolute atomic E-state index is 0.0978. The van der Waals surface area contributed by atoms with Gasteiger partial charge in [-0.2, -0.15) is 0 Å². The third kappa shape index (κ3) is 1.13. The van der Waals surface area contributed by atoms with Crippen molar-refractivity contribution in [3.05, 3.63) is 0 Å². The average molecular weight is 154 g/mol. The van der Waals surface area contributed by atoms with E-state index >= 15 is 0 Å². The zero-order chi connectivity index (χ0) is 7.84. The van der Waals surface area contributed by atoms with Crippen molar-refractivity contribution < 1.29 is 4.79 Å². The number of hydrogen-bond acceptors (Lipinski definition) is 2. The van der Waals surface area contributed by atoms with Crippen LogP contribution in [0.2, 0.25) is 0 Å². The van der Waals surface area contributed by atoms with E-state index in [4.69, 9.17) is 5.73 Å². The molecular weight excluding hydrogens is 140 g/mol. The minimum Gasteiger partial charge on any atom is -0.369 e. The molecule has 0 aromatic rings. The lowest BCUT2D eigenvalue weighted by Crippen LogP contribution is -2.28. The van der Waals surface area contributed by atoms with Gasteiger partial charge in [0.25, 0.3) is 0 Å². The van der Waals surface area contributed by atoms with Crippen molar-refractivity contribution in [2.45, 2.75) is 12.8 Å². The molecule has 2 aliphatic rings. The highest BCUT2D eigenvalue weighted by Crippen LogP contribution is 2.31. The van der Waals surface area contributed by atoms with Gasteiger partial charge in [-0.3, -0.25) is 4.79 Å². The molecule has 3 nitrogen and oxygen atoms in total. The maximum Gasteiger partial charge on any atom is 0.222 e. The summed E-state index contributed by atoms with van der Waals surface area (Å²) in [6, 6.07) is 0. The molecule has 2 rings (SSSR count). The molecule has 2 aliphatic heterocycles. The molecule has 0 saturated carbocycles. The van der Waals surface area contributed by atoms with E-state index in [-0.39, 0.29) is 11.8 Å². The molecule has 3 atom stereocenters. The first-order valence-corrected chi connectivity index (χ1v) is 4.29. The van der Waals surface area contributed by atoms with Gasteiger partial charge in [-0.1, -0.05) is 0 Å². The summed E-state index contributed by atoms with van der Waals surface area (Å²) in [5, 5.41) is 0. The lowest BCUT2D eigenvalue weighted by Gasteiger charge is -2.21. The molecule has 3 heteroatoms. The topological polar surface area (TPSA) is 46.3 Å². The maximum atomic E-state index is 10.9. The van der Waals surface area contributed by atoms with Crippen molar-refractivity contribution in [2.75, 3.05) is 19.6 Å². The number of nitrogens with zero attached hydrogens (tertiary/aromatic N) is 1. The SMILES string of the molecule is NC(=O)C1CN2CCCC1C2. The molecule has 1 amide bonds. The van der Waals surface area contributed by atoms with Crippen LogP contribution in [0.15, 0.2) is 0 Å². The third-order valence-corrected chi connectivity index (χ3v) is 2.93. The first-order chi connectivity index (χ1) is 5.27. The number of hydrogen-bond donors (Lipinski definition) is 1. The number of carbonyl (C=O) groups is 1. The Labute approximate surface area is 66.5 Å². The van der Waals surface area contributed by atoms with E-state index in [2.05, 4.69) is 4.90 Å². The molecule has 0 radical (unpaired) electrons. The predicted octanol–water partition coefficient (Wildman–Crippen LogP) is -0.187. The van der Waals surface area contributed by atoms with E-state index in [1.165, 1.54) is 19.4 Å². The van der Waals surface area contributed by atoms with Gasteiger partial charge < -0.3 is 10.6 Å². The summed E-state index contributed by atoms with van der Waals surface area (Å²) in [6.45, 7) is 3.19. The van der Waals surface area contributed by atoms with E-state index in [9.17, 15) is 4.79 Å². The van der Waals surface area contributed by atoms with E-state index in [1.807, 2.05) is 0 Å². The fraction of sp³-hybridized carbons (Fsp3) is 0.875. The largest absolute Gasteiger partial charge is 0.369 e. The van der Waals surface area contributed by atoms with E-state index in [1.54, 1.807) is 0 Å². The summed E-state index contributed by atoms with van der Waals surface area (Å²) in [5.41, 5.74) is 5.29. The zero-order valence-electron chi connectivity index (χ0n) is 6.62. The molecule has 2 heterocycles. The number of rotatable bonds is 1. The van der Waals surface area contributed by atoms with Crippen LogP contribution >= 0.6 is 0 Å². The van der Waals surface area contributed by atoms with Crippen LogP contribution in [0.4, 0.5) is 0 Å². The number of fused-ring (bicyclic) bond motifs is 2. The molecule has 3 unspecified atom stereocenters. The Morgan fingerprint density at radius 2 is 2.27 bits per heavy atom. The molecule has 11 heavy (non-hydrogen) atoms. The Morgan fingerprint density at radius 3 is 2.91 bits per heavy atom. The lowest BCUT2D eigenvalue weighted by atomic mass is 9.91. The molecule has 62 valence electrons. The van der Waals surface area contributed by atoms with Crippen LogP contribution < -0.4 is 5.73 Å². The maximum absolute atomic E-state index is 10.9. The predicted molar refractivity (Wildman–Crippen MR) is 41.8 cm³/mol. The molecular formula is C8H14N2O. The van der Waals surface area contributed by atoms with Gasteiger partial charge >= 0.3 is 0 Å². The standard InChI is InChI=1S/C8H14N2O/c9-8(11)7-5-10-3-1-2-6(7)4-10/h6-7H,1-5H2,(H2,9,11). The number of primary amides is 1. The molecule has 0 aromatic heterocycles. The Hall–Kier alpha value is -0.570. The number of amides is 1. The smallest absolute Gasteiger partial charge is 0.222 e. The Balaban J connectivity index is 2.08. The molecule has 0 spiro atoms. The van der Waals surface area contributed by atoms with Gasteiger partial charge in [0.15, 0.2) is 0 Å². The first kappa shape index (κ1) is 7.10. The molecule has 2 bridgehead atoms. The summed E-state index contributed by atoms with van der Waals surface area (Å²) in [5.74, 6) is 0.623. The van der Waals surface area contributed by atoms with Crippen LogP contribution in [-0.2, 0) is 4.79 Å². The second-order valence-corrected chi connectivity index (χ2v) is 3.67. The van der Waals surface area contributed by atoms with Gasteiger partial charge in [0.2, 0.25) is 5.91 Å². The van der Waals surface area contributed by atoms with E-state index in [0.717, 1.165) is 13.1 Å². The van der Waals surface area contributed by atoms with E-state index < -0.39 is 0 Å². The molecule has 0 aliphatic carbocycles. The zero-order valence-corrected chi connectivity index (χ0v) is 6.62. The van der Waals surface area contributed by atoms with Crippen LogP contribution in [0, 0.1) is 11.8 Å². The van der Waals surface area contributed by atoms with Gasteiger partial charge in [-0.15, -0.1) is 0 Å². The second kappa shape index (κ2) is 2.48. The van der Waals surface area contributed by atoms with Crippen molar-refractivity contribution in [1.82, 2.24) is 4.90 Å². The van der Waals surface area contributed by atoms with Crippen molar-refractivity contribution in [2.24, 2.45) is 17.6 Å². The van der Waals surface area contributed by atoms with Crippen LogP contribution in [0.25, 0.3) is 0 Å². The number of carbonyl (C=O) groups excluding carboxylic acids is 1. The fourth-order valence-electron chi connectivity index (χ4n) is 2.34. The van der Waals surface area contributed by atoms with Crippen molar-refractivity contribution >= 4 is 5.91 Å². The quantitative estimate of drug-likeness (QED) is 0.569. The average Bonchev–Trinajstić information content (AvgIpc) is 2.27. The van der Waals surface area contributed by atoms with Gasteiger partial charge in [0.1, 0.15) is 0 Å². The van der Waals surface area contributed by atoms with Crippen molar-refractivity contribution in [1.29, 1.82) is 0 Å². The molecule has 0 aromatic carbocycles. The van der Waals surface area contributed by atoms with Crippen LogP contribution in [0.3, 0.4) is 0 Å². The normalized spacial score (nSPS) is 42.4. The Kier molecular flexibility index (Phi) is 1.60. The number of piperidine rings is 1. The monoisotopic (exact) mass is 154 g/mol. The first-order valence-electron chi connectivity index (χ1n) is 4.29.